The third-order valence-electron chi connectivity index (χ3n) is 4.40. The lowest BCUT2D eigenvalue weighted by Gasteiger charge is -2.28. The van der Waals surface area contributed by atoms with Crippen LogP contribution < -0.4 is 9.47 Å². The van der Waals surface area contributed by atoms with Crippen LogP contribution in [0.4, 0.5) is 0 Å². The average Bonchev–Trinajstić information content (AvgIpc) is 2.61. The van der Waals surface area contributed by atoms with Gasteiger partial charge in [-0.2, -0.15) is 0 Å². The van der Waals surface area contributed by atoms with Crippen LogP contribution in [0.1, 0.15) is 29.6 Å². The molecule has 0 amide bonds. The molecule has 2 aromatic rings. The summed E-state index contributed by atoms with van der Waals surface area (Å²) in [4.78, 5) is 11.5. The van der Waals surface area contributed by atoms with E-state index in [1.165, 1.54) is 16.8 Å². The standard InChI is InChI=1S/C18H21N3O2/c1-2-18-19-10-14-5-6-21(12-15(14)20-18)11-13-3-4-16-17(9-13)23-8-7-22-16/h3-4,9-10H,2,5-8,11-12H2,1H3. The van der Waals surface area contributed by atoms with Gasteiger partial charge in [-0.3, -0.25) is 4.90 Å². The van der Waals surface area contributed by atoms with Gasteiger partial charge in [0, 0.05) is 32.3 Å². The number of benzene rings is 1. The van der Waals surface area contributed by atoms with E-state index in [4.69, 9.17) is 14.5 Å². The SMILES string of the molecule is CCc1ncc2c(n1)CN(Cc1ccc3c(c1)OCCO3)CC2. The van der Waals surface area contributed by atoms with Crippen molar-refractivity contribution < 1.29 is 9.47 Å². The van der Waals surface area contributed by atoms with Gasteiger partial charge in [0.1, 0.15) is 19.0 Å². The highest BCUT2D eigenvalue weighted by atomic mass is 16.6. The number of fused-ring (bicyclic) bond motifs is 2. The fourth-order valence-corrected chi connectivity index (χ4v) is 3.15. The molecule has 0 saturated carbocycles. The summed E-state index contributed by atoms with van der Waals surface area (Å²) in [6.07, 6.45) is 3.90. The highest BCUT2D eigenvalue weighted by molar-refractivity contribution is 5.43. The number of hydrogen-bond donors (Lipinski definition) is 0. The molecule has 3 heterocycles. The molecule has 0 unspecified atom stereocenters. The van der Waals surface area contributed by atoms with Crippen molar-refractivity contribution in [2.75, 3.05) is 19.8 Å². The summed E-state index contributed by atoms with van der Waals surface area (Å²) in [7, 11) is 0. The summed E-state index contributed by atoms with van der Waals surface area (Å²) in [5, 5.41) is 0. The summed E-state index contributed by atoms with van der Waals surface area (Å²) in [6, 6.07) is 6.24. The second kappa shape index (κ2) is 6.16. The predicted octanol–water partition coefficient (Wildman–Crippen LogP) is 2.37. The first-order valence-corrected chi connectivity index (χ1v) is 8.26. The number of nitrogens with zero attached hydrogens (tertiary/aromatic N) is 3. The fourth-order valence-electron chi connectivity index (χ4n) is 3.15. The molecular weight excluding hydrogens is 290 g/mol. The van der Waals surface area contributed by atoms with E-state index >= 15 is 0 Å². The Hall–Kier alpha value is -2.14. The molecule has 4 rings (SSSR count). The van der Waals surface area contributed by atoms with Crippen molar-refractivity contribution in [1.29, 1.82) is 0 Å². The third kappa shape index (κ3) is 3.01. The number of hydrogen-bond acceptors (Lipinski definition) is 5. The van der Waals surface area contributed by atoms with E-state index in [9.17, 15) is 0 Å². The number of ether oxygens (including phenoxy) is 2. The molecule has 0 fully saturated rings. The Morgan fingerprint density at radius 2 is 2.04 bits per heavy atom. The zero-order valence-electron chi connectivity index (χ0n) is 13.4. The molecule has 0 aliphatic carbocycles. The van der Waals surface area contributed by atoms with Crippen LogP contribution in [-0.4, -0.2) is 34.6 Å². The molecule has 0 bridgehead atoms. The highest BCUT2D eigenvalue weighted by Crippen LogP contribution is 2.31. The Morgan fingerprint density at radius 3 is 2.91 bits per heavy atom. The molecule has 0 N–H and O–H groups in total. The number of aryl methyl sites for hydroxylation is 1. The van der Waals surface area contributed by atoms with Gasteiger partial charge in [0.05, 0.1) is 5.69 Å². The van der Waals surface area contributed by atoms with Gasteiger partial charge in [-0.1, -0.05) is 13.0 Å². The van der Waals surface area contributed by atoms with Crippen LogP contribution in [0.15, 0.2) is 24.4 Å². The van der Waals surface area contributed by atoms with Crippen molar-refractivity contribution in [2.45, 2.75) is 32.9 Å². The Morgan fingerprint density at radius 1 is 1.17 bits per heavy atom. The van der Waals surface area contributed by atoms with Crippen LogP contribution >= 0.6 is 0 Å². The van der Waals surface area contributed by atoms with E-state index in [0.717, 1.165) is 49.8 Å². The van der Waals surface area contributed by atoms with Crippen LogP contribution in [0.3, 0.4) is 0 Å². The molecule has 1 aromatic carbocycles. The number of aromatic nitrogens is 2. The van der Waals surface area contributed by atoms with E-state index in [1.807, 2.05) is 12.3 Å². The Bertz CT molecular complexity index is 717. The van der Waals surface area contributed by atoms with Gasteiger partial charge in [-0.15, -0.1) is 0 Å². The van der Waals surface area contributed by atoms with E-state index in [0.29, 0.717) is 13.2 Å². The third-order valence-corrected chi connectivity index (χ3v) is 4.40. The van der Waals surface area contributed by atoms with Crippen LogP contribution in [0.2, 0.25) is 0 Å². The summed E-state index contributed by atoms with van der Waals surface area (Å²) in [5.41, 5.74) is 3.73. The van der Waals surface area contributed by atoms with E-state index in [1.54, 1.807) is 0 Å². The molecule has 2 aliphatic rings. The van der Waals surface area contributed by atoms with Crippen LogP contribution in [0.5, 0.6) is 11.5 Å². The molecule has 1 aromatic heterocycles. The molecule has 0 atom stereocenters. The van der Waals surface area contributed by atoms with Crippen molar-refractivity contribution in [3.8, 4) is 11.5 Å². The van der Waals surface area contributed by atoms with Crippen molar-refractivity contribution in [1.82, 2.24) is 14.9 Å². The van der Waals surface area contributed by atoms with Gasteiger partial charge >= 0.3 is 0 Å². The summed E-state index contributed by atoms with van der Waals surface area (Å²) >= 11 is 0. The van der Waals surface area contributed by atoms with Gasteiger partial charge in [-0.25, -0.2) is 9.97 Å². The topological polar surface area (TPSA) is 47.5 Å². The first-order valence-electron chi connectivity index (χ1n) is 8.26. The average molecular weight is 311 g/mol. The molecule has 5 nitrogen and oxygen atoms in total. The van der Waals surface area contributed by atoms with Crippen molar-refractivity contribution in [3.05, 3.63) is 47.0 Å². The number of rotatable bonds is 3. The van der Waals surface area contributed by atoms with Crippen LogP contribution in [-0.2, 0) is 25.9 Å². The maximum absolute atomic E-state index is 5.68. The molecule has 0 radical (unpaired) electrons. The first kappa shape index (κ1) is 14.5. The lowest BCUT2D eigenvalue weighted by atomic mass is 10.1. The normalized spacial score (nSPS) is 16.9. The molecule has 0 spiro atoms. The maximum Gasteiger partial charge on any atom is 0.161 e. The Labute approximate surface area is 136 Å². The highest BCUT2D eigenvalue weighted by Gasteiger charge is 2.19. The van der Waals surface area contributed by atoms with E-state index in [2.05, 4.69) is 28.9 Å². The predicted molar refractivity (Wildman–Crippen MR) is 86.7 cm³/mol. The van der Waals surface area contributed by atoms with Crippen LogP contribution in [0.25, 0.3) is 0 Å². The first-order chi connectivity index (χ1) is 11.3. The van der Waals surface area contributed by atoms with Crippen molar-refractivity contribution in [3.63, 3.8) is 0 Å². The Balaban J connectivity index is 1.49. The van der Waals surface area contributed by atoms with Crippen molar-refractivity contribution in [2.24, 2.45) is 0 Å². The van der Waals surface area contributed by atoms with Crippen LogP contribution in [0, 0.1) is 0 Å². The van der Waals surface area contributed by atoms with Gasteiger partial charge in [0.2, 0.25) is 0 Å². The molecule has 0 saturated heterocycles. The zero-order valence-corrected chi connectivity index (χ0v) is 13.4. The second-order valence-electron chi connectivity index (χ2n) is 6.05. The molecule has 2 aliphatic heterocycles. The lowest BCUT2D eigenvalue weighted by Crippen LogP contribution is -2.31. The molecule has 120 valence electrons. The monoisotopic (exact) mass is 311 g/mol. The largest absolute Gasteiger partial charge is 0.486 e. The van der Waals surface area contributed by atoms with E-state index in [-0.39, 0.29) is 0 Å². The minimum Gasteiger partial charge on any atom is -0.486 e. The summed E-state index contributed by atoms with van der Waals surface area (Å²) < 4.78 is 11.3. The maximum atomic E-state index is 5.68. The minimum atomic E-state index is 0.629. The smallest absolute Gasteiger partial charge is 0.161 e. The minimum absolute atomic E-state index is 0.629. The quantitative estimate of drug-likeness (QED) is 0.871. The van der Waals surface area contributed by atoms with Gasteiger partial charge in [0.15, 0.2) is 11.5 Å². The molecule has 5 heteroatoms. The van der Waals surface area contributed by atoms with E-state index < -0.39 is 0 Å². The Kier molecular flexibility index (Phi) is 3.87. The fraction of sp³-hybridized carbons (Fsp3) is 0.444. The van der Waals surface area contributed by atoms with Gasteiger partial charge in [-0.05, 0) is 29.7 Å². The summed E-state index contributed by atoms with van der Waals surface area (Å²) in [5.74, 6) is 2.65. The molecular formula is C18H21N3O2. The van der Waals surface area contributed by atoms with Gasteiger partial charge < -0.3 is 9.47 Å². The zero-order chi connectivity index (χ0) is 15.6. The lowest BCUT2D eigenvalue weighted by molar-refractivity contribution is 0.171. The van der Waals surface area contributed by atoms with Gasteiger partial charge in [0.25, 0.3) is 0 Å². The summed E-state index contributed by atoms with van der Waals surface area (Å²) in [6.45, 7) is 6.19. The second-order valence-corrected chi connectivity index (χ2v) is 6.05. The van der Waals surface area contributed by atoms with Crippen molar-refractivity contribution >= 4 is 0 Å². The molecule has 23 heavy (non-hydrogen) atoms.